The Morgan fingerprint density at radius 2 is 1.57 bits per heavy atom. The van der Waals surface area contributed by atoms with Gasteiger partial charge in [-0.05, 0) is 43.0 Å². The number of hydrogen-bond donors (Lipinski definition) is 0. The van der Waals surface area contributed by atoms with E-state index in [1.165, 1.54) is 19.3 Å². The number of benzene rings is 2. The van der Waals surface area contributed by atoms with Crippen LogP contribution in [0.2, 0.25) is 0 Å². The highest BCUT2D eigenvalue weighted by atomic mass is 16.5. The Labute approximate surface area is 139 Å². The summed E-state index contributed by atoms with van der Waals surface area (Å²) in [5.41, 5.74) is 2.87. The van der Waals surface area contributed by atoms with E-state index >= 15 is 0 Å². The molecule has 2 aromatic carbocycles. The lowest BCUT2D eigenvalue weighted by atomic mass is 10.0. The Morgan fingerprint density at radius 3 is 2.22 bits per heavy atom. The quantitative estimate of drug-likeness (QED) is 0.450. The van der Waals surface area contributed by atoms with Gasteiger partial charge in [-0.25, -0.2) is 4.79 Å². The molecule has 0 aliphatic rings. The largest absolute Gasteiger partial charge is 0.459 e. The summed E-state index contributed by atoms with van der Waals surface area (Å²) in [7, 11) is 0. The molecular formula is C21H26O2. The summed E-state index contributed by atoms with van der Waals surface area (Å²) in [5, 5.41) is 0. The van der Waals surface area contributed by atoms with Gasteiger partial charge in [-0.1, -0.05) is 68.7 Å². The van der Waals surface area contributed by atoms with Crippen molar-refractivity contribution >= 4 is 5.97 Å². The van der Waals surface area contributed by atoms with Crippen molar-refractivity contribution in [3.63, 3.8) is 0 Å². The molecule has 0 heterocycles. The molecule has 0 aliphatic carbocycles. The van der Waals surface area contributed by atoms with Gasteiger partial charge < -0.3 is 4.74 Å². The van der Waals surface area contributed by atoms with E-state index < -0.39 is 0 Å². The highest BCUT2D eigenvalue weighted by Gasteiger charge is 2.12. The molecule has 0 fully saturated rings. The lowest BCUT2D eigenvalue weighted by Gasteiger charge is -2.13. The van der Waals surface area contributed by atoms with Gasteiger partial charge in [0, 0.05) is 0 Å². The molecule has 0 radical (unpaired) electrons. The summed E-state index contributed by atoms with van der Waals surface area (Å²) in [5.74, 6) is -0.229. The van der Waals surface area contributed by atoms with Gasteiger partial charge >= 0.3 is 5.97 Å². The molecule has 2 rings (SSSR count). The Balaban J connectivity index is 1.88. The van der Waals surface area contributed by atoms with Gasteiger partial charge in [-0.3, -0.25) is 0 Å². The van der Waals surface area contributed by atoms with Crippen LogP contribution in [0.5, 0.6) is 0 Å². The molecule has 2 nitrogen and oxygen atoms in total. The zero-order valence-electron chi connectivity index (χ0n) is 14.1. The first kappa shape index (κ1) is 17.3. The van der Waals surface area contributed by atoms with Crippen molar-refractivity contribution in [2.75, 3.05) is 0 Å². The zero-order valence-corrected chi connectivity index (χ0v) is 14.1. The summed E-state index contributed by atoms with van der Waals surface area (Å²) in [4.78, 5) is 12.2. The van der Waals surface area contributed by atoms with Crippen molar-refractivity contribution in [3.8, 4) is 11.1 Å². The normalized spacial score (nSPS) is 11.9. The van der Waals surface area contributed by atoms with Crippen LogP contribution < -0.4 is 0 Å². The first-order valence-electron chi connectivity index (χ1n) is 8.57. The maximum absolute atomic E-state index is 12.2. The third-order valence-corrected chi connectivity index (χ3v) is 4.00. The summed E-state index contributed by atoms with van der Waals surface area (Å²) in [6.07, 6.45) is 5.73. The van der Waals surface area contributed by atoms with E-state index in [1.54, 1.807) is 0 Å². The molecular weight excluding hydrogens is 284 g/mol. The lowest BCUT2D eigenvalue weighted by molar-refractivity contribution is 0.0319. The van der Waals surface area contributed by atoms with Gasteiger partial charge in [-0.2, -0.15) is 0 Å². The number of unbranched alkanes of at least 4 members (excludes halogenated alkanes) is 3. The van der Waals surface area contributed by atoms with Gasteiger partial charge in [-0.15, -0.1) is 0 Å². The molecule has 122 valence electrons. The van der Waals surface area contributed by atoms with Crippen molar-refractivity contribution in [3.05, 3.63) is 60.2 Å². The molecule has 2 aromatic rings. The van der Waals surface area contributed by atoms with E-state index in [-0.39, 0.29) is 12.1 Å². The molecule has 0 saturated heterocycles. The van der Waals surface area contributed by atoms with Crippen LogP contribution in [0, 0.1) is 0 Å². The average Bonchev–Trinajstić information content (AvgIpc) is 2.59. The van der Waals surface area contributed by atoms with Gasteiger partial charge in [0.25, 0.3) is 0 Å². The fraction of sp³-hybridized carbons (Fsp3) is 0.381. The highest BCUT2D eigenvalue weighted by Crippen LogP contribution is 2.20. The van der Waals surface area contributed by atoms with Gasteiger partial charge in [0.2, 0.25) is 0 Å². The Morgan fingerprint density at radius 1 is 0.913 bits per heavy atom. The minimum atomic E-state index is -0.229. The fourth-order valence-corrected chi connectivity index (χ4v) is 2.60. The van der Waals surface area contributed by atoms with Crippen molar-refractivity contribution in [1.29, 1.82) is 0 Å². The SMILES string of the molecule is CCCCCC[C@@H](C)OC(=O)c1ccc(-c2ccccc2)cc1. The van der Waals surface area contributed by atoms with E-state index in [1.807, 2.05) is 49.4 Å². The van der Waals surface area contributed by atoms with E-state index in [2.05, 4.69) is 19.1 Å². The molecule has 0 aliphatic heterocycles. The summed E-state index contributed by atoms with van der Waals surface area (Å²) < 4.78 is 5.52. The second-order valence-corrected chi connectivity index (χ2v) is 6.01. The Bertz CT molecular complexity index is 587. The molecule has 0 N–H and O–H groups in total. The van der Waals surface area contributed by atoms with Crippen LogP contribution in [-0.4, -0.2) is 12.1 Å². The molecule has 23 heavy (non-hydrogen) atoms. The maximum Gasteiger partial charge on any atom is 0.338 e. The van der Waals surface area contributed by atoms with Crippen molar-refractivity contribution in [2.45, 2.75) is 52.1 Å². The molecule has 0 saturated carbocycles. The molecule has 0 spiro atoms. The number of rotatable bonds is 8. The second kappa shape index (κ2) is 9.14. The maximum atomic E-state index is 12.2. The molecule has 0 bridgehead atoms. The van der Waals surface area contributed by atoms with E-state index in [0.29, 0.717) is 5.56 Å². The number of carbonyl (C=O) groups is 1. The van der Waals surface area contributed by atoms with E-state index in [9.17, 15) is 4.79 Å². The van der Waals surface area contributed by atoms with Gasteiger partial charge in [0.1, 0.15) is 0 Å². The second-order valence-electron chi connectivity index (χ2n) is 6.01. The Kier molecular flexibility index (Phi) is 6.86. The predicted molar refractivity (Wildman–Crippen MR) is 95.5 cm³/mol. The van der Waals surface area contributed by atoms with Crippen LogP contribution in [0.25, 0.3) is 11.1 Å². The number of hydrogen-bond acceptors (Lipinski definition) is 2. The predicted octanol–water partition coefficient (Wildman–Crippen LogP) is 5.87. The van der Waals surface area contributed by atoms with Crippen molar-refractivity contribution in [2.24, 2.45) is 0 Å². The summed E-state index contributed by atoms with van der Waals surface area (Å²) >= 11 is 0. The first-order chi connectivity index (χ1) is 11.2. The highest BCUT2D eigenvalue weighted by molar-refractivity contribution is 5.90. The van der Waals surface area contributed by atoms with Crippen LogP contribution in [0.4, 0.5) is 0 Å². The summed E-state index contributed by atoms with van der Waals surface area (Å²) in [6, 6.07) is 17.8. The monoisotopic (exact) mass is 310 g/mol. The molecule has 1 atom stereocenters. The van der Waals surface area contributed by atoms with E-state index in [0.717, 1.165) is 24.0 Å². The topological polar surface area (TPSA) is 26.3 Å². The average molecular weight is 310 g/mol. The fourth-order valence-electron chi connectivity index (χ4n) is 2.60. The van der Waals surface area contributed by atoms with Gasteiger partial charge in [0.05, 0.1) is 11.7 Å². The lowest BCUT2D eigenvalue weighted by Crippen LogP contribution is -2.15. The first-order valence-corrected chi connectivity index (χ1v) is 8.57. The van der Waals surface area contributed by atoms with Crippen LogP contribution in [0.15, 0.2) is 54.6 Å². The zero-order chi connectivity index (χ0) is 16.5. The molecule has 0 aromatic heterocycles. The smallest absolute Gasteiger partial charge is 0.338 e. The number of ether oxygens (including phenoxy) is 1. The van der Waals surface area contributed by atoms with Crippen LogP contribution in [0.1, 0.15) is 56.3 Å². The van der Waals surface area contributed by atoms with Crippen LogP contribution >= 0.6 is 0 Å². The summed E-state index contributed by atoms with van der Waals surface area (Å²) in [6.45, 7) is 4.17. The van der Waals surface area contributed by atoms with E-state index in [4.69, 9.17) is 4.74 Å². The standard InChI is InChI=1S/C21H26O2/c1-3-4-5-7-10-17(2)23-21(22)20-15-13-19(14-16-20)18-11-8-6-9-12-18/h6,8-9,11-17H,3-5,7,10H2,1-2H3/t17-/m1/s1. The third kappa shape index (κ3) is 5.55. The minimum Gasteiger partial charge on any atom is -0.459 e. The number of esters is 1. The molecule has 0 amide bonds. The van der Waals surface area contributed by atoms with Gasteiger partial charge in [0.15, 0.2) is 0 Å². The molecule has 0 unspecified atom stereocenters. The molecule has 2 heteroatoms. The minimum absolute atomic E-state index is 0.0202. The Hall–Kier alpha value is -2.09. The van der Waals surface area contributed by atoms with Crippen LogP contribution in [0.3, 0.4) is 0 Å². The van der Waals surface area contributed by atoms with Crippen LogP contribution in [-0.2, 0) is 4.74 Å². The third-order valence-electron chi connectivity index (χ3n) is 4.00. The van der Waals surface area contributed by atoms with Crippen molar-refractivity contribution < 1.29 is 9.53 Å². The van der Waals surface area contributed by atoms with Crippen molar-refractivity contribution in [1.82, 2.24) is 0 Å². The number of carbonyl (C=O) groups excluding carboxylic acids is 1.